The third-order valence-electron chi connectivity index (χ3n) is 9.05. The van der Waals surface area contributed by atoms with E-state index in [0.717, 1.165) is 44.3 Å². The number of ether oxygens (including phenoxy) is 7. The van der Waals surface area contributed by atoms with E-state index in [1.54, 1.807) is 12.1 Å². The molecule has 7 atom stereocenters. The number of unbranched alkanes of at least 4 members (excludes halogenated alkanes) is 1. The van der Waals surface area contributed by atoms with Gasteiger partial charge in [-0.15, -0.1) is 0 Å². The molecule has 1 amide bonds. The van der Waals surface area contributed by atoms with Gasteiger partial charge in [-0.2, -0.15) is 0 Å². The van der Waals surface area contributed by atoms with Gasteiger partial charge in [-0.3, -0.25) is 9.59 Å². The number of primary amides is 1. The maximum atomic E-state index is 12.3. The molecule has 11 nitrogen and oxygen atoms in total. The summed E-state index contributed by atoms with van der Waals surface area (Å²) in [5.41, 5.74) is 5.61. The molecule has 5 rings (SSSR count). The van der Waals surface area contributed by atoms with Crippen molar-refractivity contribution in [3.05, 3.63) is 72.3 Å². The van der Waals surface area contributed by atoms with E-state index in [-0.39, 0.29) is 55.8 Å². The molecule has 2 aromatic rings. The molecular weight excluding hydrogens is 630 g/mol. The Hall–Kier alpha value is -3.32. The first kappa shape index (κ1) is 36.9. The Morgan fingerprint density at radius 2 is 1.63 bits per heavy atom. The normalized spacial score (nSPS) is 26.4. The SMILES string of the molecule is NC(=O)c1ccc(OC(=O)CCC/C=C\C[C@@H]2[C@H](OCC(COc3ccccc3)OC3CCCCO3)[C@@H](OC3CCCCO3)C[C@H]2O)cc1. The van der Waals surface area contributed by atoms with Crippen molar-refractivity contribution in [3.8, 4) is 11.5 Å². The van der Waals surface area contributed by atoms with Crippen LogP contribution in [0.4, 0.5) is 0 Å². The van der Waals surface area contributed by atoms with E-state index in [4.69, 9.17) is 38.9 Å². The molecule has 268 valence electrons. The molecule has 11 heteroatoms. The van der Waals surface area contributed by atoms with Gasteiger partial charge in [0.05, 0.1) is 24.9 Å². The highest BCUT2D eigenvalue weighted by Crippen LogP contribution is 2.36. The van der Waals surface area contributed by atoms with E-state index in [0.29, 0.717) is 56.8 Å². The van der Waals surface area contributed by atoms with Gasteiger partial charge in [0.25, 0.3) is 0 Å². The molecule has 3 aliphatic rings. The molecule has 3 unspecified atom stereocenters. The molecular formula is C38H51NO10. The molecule has 2 aliphatic heterocycles. The van der Waals surface area contributed by atoms with E-state index < -0.39 is 12.0 Å². The summed E-state index contributed by atoms with van der Waals surface area (Å²) < 4.78 is 42.5. The first-order valence-electron chi connectivity index (χ1n) is 17.7. The summed E-state index contributed by atoms with van der Waals surface area (Å²) in [5.74, 6) is 0.0390. The summed E-state index contributed by atoms with van der Waals surface area (Å²) in [6, 6.07) is 15.8. The molecule has 2 heterocycles. The van der Waals surface area contributed by atoms with E-state index in [1.165, 1.54) is 12.1 Å². The summed E-state index contributed by atoms with van der Waals surface area (Å²) in [6.07, 6.45) is 10.1. The molecule has 1 saturated carbocycles. The molecule has 3 fully saturated rings. The Balaban J connectivity index is 1.15. The van der Waals surface area contributed by atoms with Crippen molar-refractivity contribution in [2.24, 2.45) is 11.7 Å². The minimum atomic E-state index is -0.610. The van der Waals surface area contributed by atoms with Gasteiger partial charge in [0.15, 0.2) is 12.6 Å². The lowest BCUT2D eigenvalue weighted by atomic mass is 9.98. The maximum Gasteiger partial charge on any atom is 0.311 e. The Bertz CT molecular complexity index is 1290. The van der Waals surface area contributed by atoms with Crippen molar-refractivity contribution in [2.75, 3.05) is 26.4 Å². The minimum Gasteiger partial charge on any atom is -0.491 e. The fourth-order valence-electron chi connectivity index (χ4n) is 6.40. The number of esters is 1. The van der Waals surface area contributed by atoms with Crippen LogP contribution in [-0.4, -0.2) is 80.4 Å². The second-order valence-corrected chi connectivity index (χ2v) is 12.9. The summed E-state index contributed by atoms with van der Waals surface area (Å²) in [5, 5.41) is 11.2. The van der Waals surface area contributed by atoms with Crippen molar-refractivity contribution in [1.82, 2.24) is 0 Å². The van der Waals surface area contributed by atoms with E-state index in [9.17, 15) is 14.7 Å². The first-order chi connectivity index (χ1) is 23.9. The lowest BCUT2D eigenvalue weighted by Crippen LogP contribution is -2.40. The van der Waals surface area contributed by atoms with Gasteiger partial charge in [-0.05, 0) is 94.2 Å². The topological polar surface area (TPSA) is 145 Å². The standard InChI is InChI=1S/C38H51NO10/c39-38(42)27-18-20-29(21-19-27)47-34(41)15-7-2-1-6-14-31-32(40)24-33(49-36-17-9-11-23-44-36)37(31)46-26-30(48-35-16-8-10-22-43-35)25-45-28-12-4-3-5-13-28/h1,3-6,12-13,18-21,30-33,35-37,40H,2,7-11,14-17,22-26H2,(H2,39,42)/b6-1-/t30?,31-,32+,33-,35?,36?,37-/m0/s1. The number of allylic oxidation sites excluding steroid dienone is 2. The Kier molecular flexibility index (Phi) is 14.9. The van der Waals surface area contributed by atoms with Crippen LogP contribution in [0.1, 0.15) is 81.0 Å². The molecule has 0 spiro atoms. The zero-order valence-corrected chi connectivity index (χ0v) is 28.2. The smallest absolute Gasteiger partial charge is 0.311 e. The number of aliphatic hydroxyl groups is 1. The van der Waals surface area contributed by atoms with Gasteiger partial charge >= 0.3 is 5.97 Å². The van der Waals surface area contributed by atoms with Crippen LogP contribution in [0.25, 0.3) is 0 Å². The fourth-order valence-corrected chi connectivity index (χ4v) is 6.40. The maximum absolute atomic E-state index is 12.3. The number of carbonyl (C=O) groups excluding carboxylic acids is 2. The highest BCUT2D eigenvalue weighted by atomic mass is 16.7. The summed E-state index contributed by atoms with van der Waals surface area (Å²) in [7, 11) is 0. The van der Waals surface area contributed by atoms with E-state index in [2.05, 4.69) is 0 Å². The average Bonchev–Trinajstić information content (AvgIpc) is 3.41. The van der Waals surface area contributed by atoms with Gasteiger partial charge in [0.1, 0.15) is 24.2 Å². The second-order valence-electron chi connectivity index (χ2n) is 12.9. The Morgan fingerprint density at radius 1 is 0.898 bits per heavy atom. The zero-order chi connectivity index (χ0) is 34.3. The molecule has 1 aliphatic carbocycles. The van der Waals surface area contributed by atoms with Crippen LogP contribution in [-0.2, 0) is 28.5 Å². The number of hydrogen-bond acceptors (Lipinski definition) is 10. The molecule has 0 radical (unpaired) electrons. The molecule has 2 aromatic carbocycles. The van der Waals surface area contributed by atoms with Crippen LogP contribution < -0.4 is 15.2 Å². The number of aliphatic hydroxyl groups excluding tert-OH is 1. The van der Waals surface area contributed by atoms with Gasteiger partial charge in [-0.25, -0.2) is 0 Å². The molecule has 0 aromatic heterocycles. The van der Waals surface area contributed by atoms with Crippen molar-refractivity contribution in [1.29, 1.82) is 0 Å². The third kappa shape index (κ3) is 12.2. The third-order valence-corrected chi connectivity index (χ3v) is 9.05. The lowest BCUT2D eigenvalue weighted by molar-refractivity contribution is -0.226. The van der Waals surface area contributed by atoms with E-state index >= 15 is 0 Å². The second kappa shape index (κ2) is 19.8. The summed E-state index contributed by atoms with van der Waals surface area (Å²) >= 11 is 0. The number of benzene rings is 2. The minimum absolute atomic E-state index is 0.195. The highest BCUT2D eigenvalue weighted by molar-refractivity contribution is 5.92. The highest BCUT2D eigenvalue weighted by Gasteiger charge is 2.45. The molecule has 49 heavy (non-hydrogen) atoms. The summed E-state index contributed by atoms with van der Waals surface area (Å²) in [6.45, 7) is 1.89. The first-order valence-corrected chi connectivity index (χ1v) is 17.7. The van der Waals surface area contributed by atoms with Crippen LogP contribution in [0, 0.1) is 5.92 Å². The fraction of sp³-hybridized carbons (Fsp3) is 0.579. The van der Waals surface area contributed by atoms with E-state index in [1.807, 2.05) is 42.5 Å². The van der Waals surface area contributed by atoms with Crippen LogP contribution in [0.5, 0.6) is 11.5 Å². The number of rotatable bonds is 18. The molecule has 3 N–H and O–H groups in total. The number of carbonyl (C=O) groups is 2. The van der Waals surface area contributed by atoms with Crippen LogP contribution >= 0.6 is 0 Å². The van der Waals surface area contributed by atoms with Crippen molar-refractivity contribution < 1.29 is 47.9 Å². The predicted octanol–water partition coefficient (Wildman–Crippen LogP) is 5.48. The lowest BCUT2D eigenvalue weighted by Gasteiger charge is -2.32. The van der Waals surface area contributed by atoms with Crippen molar-refractivity contribution in [3.63, 3.8) is 0 Å². The van der Waals surface area contributed by atoms with Gasteiger partial charge < -0.3 is 44.0 Å². The average molecular weight is 682 g/mol. The van der Waals surface area contributed by atoms with Crippen LogP contribution in [0.15, 0.2) is 66.7 Å². The van der Waals surface area contributed by atoms with Crippen LogP contribution in [0.2, 0.25) is 0 Å². The number of hydrogen-bond donors (Lipinski definition) is 2. The Labute approximate surface area is 289 Å². The predicted molar refractivity (Wildman–Crippen MR) is 181 cm³/mol. The van der Waals surface area contributed by atoms with Gasteiger partial charge in [0.2, 0.25) is 5.91 Å². The number of amides is 1. The molecule has 2 saturated heterocycles. The number of para-hydroxylation sites is 1. The number of nitrogens with two attached hydrogens (primary N) is 1. The molecule has 0 bridgehead atoms. The Morgan fingerprint density at radius 3 is 2.33 bits per heavy atom. The quantitative estimate of drug-likeness (QED) is 0.0899. The van der Waals surface area contributed by atoms with Crippen molar-refractivity contribution >= 4 is 11.9 Å². The van der Waals surface area contributed by atoms with Gasteiger partial charge in [-0.1, -0.05) is 30.4 Å². The van der Waals surface area contributed by atoms with Crippen LogP contribution in [0.3, 0.4) is 0 Å². The monoisotopic (exact) mass is 681 g/mol. The zero-order valence-electron chi connectivity index (χ0n) is 28.2. The largest absolute Gasteiger partial charge is 0.491 e. The van der Waals surface area contributed by atoms with Gasteiger partial charge in [0, 0.05) is 37.5 Å². The summed E-state index contributed by atoms with van der Waals surface area (Å²) in [4.78, 5) is 23.5. The van der Waals surface area contributed by atoms with Crippen molar-refractivity contribution in [2.45, 2.75) is 108 Å².